The Morgan fingerprint density at radius 3 is 2.44 bits per heavy atom. The van der Waals surface area contributed by atoms with Gasteiger partial charge in [0.15, 0.2) is 0 Å². The molecule has 164 valence electrons. The fourth-order valence-corrected chi connectivity index (χ4v) is 4.03. The maximum atomic E-state index is 12.7. The first-order valence-corrected chi connectivity index (χ1v) is 11.1. The number of methoxy groups -OCH3 is 1. The average molecular weight is 428 g/mol. The first-order chi connectivity index (χ1) is 15.6. The number of carbonyl (C=O) groups is 1. The quantitative estimate of drug-likeness (QED) is 0.404. The van der Waals surface area contributed by atoms with Gasteiger partial charge in [-0.25, -0.2) is 4.98 Å². The Morgan fingerprint density at radius 1 is 0.969 bits per heavy atom. The number of hydrogen-bond acceptors (Lipinski definition) is 3. The lowest BCUT2D eigenvalue weighted by Crippen LogP contribution is -2.30. The summed E-state index contributed by atoms with van der Waals surface area (Å²) in [4.78, 5) is 17.5. The van der Waals surface area contributed by atoms with Gasteiger partial charge in [-0.1, -0.05) is 54.6 Å². The molecule has 4 rings (SSSR count). The van der Waals surface area contributed by atoms with Crippen LogP contribution in [0.5, 0.6) is 5.75 Å². The van der Waals surface area contributed by atoms with E-state index in [0.717, 1.165) is 47.6 Å². The number of aromatic nitrogens is 2. The lowest BCUT2D eigenvalue weighted by molar-refractivity contribution is -0.121. The number of rotatable bonds is 9. The number of carbonyl (C=O) groups excluding carboxylic acids is 1. The molecule has 0 saturated heterocycles. The van der Waals surface area contributed by atoms with Gasteiger partial charge in [-0.2, -0.15) is 0 Å². The molecule has 0 aliphatic carbocycles. The van der Waals surface area contributed by atoms with Gasteiger partial charge in [0.25, 0.3) is 0 Å². The van der Waals surface area contributed by atoms with Crippen molar-refractivity contribution in [1.29, 1.82) is 0 Å². The Morgan fingerprint density at radius 2 is 1.69 bits per heavy atom. The normalized spacial score (nSPS) is 11.9. The van der Waals surface area contributed by atoms with Crippen LogP contribution >= 0.6 is 0 Å². The SMILES string of the molecule is COc1ccc(CC(=O)NC(C)c2nc3ccccc3n2CCCc2ccccc2)cc1. The average Bonchev–Trinajstić information content (AvgIpc) is 3.19. The molecule has 4 aromatic rings. The molecule has 1 N–H and O–H groups in total. The number of fused-ring (bicyclic) bond motifs is 1. The van der Waals surface area contributed by atoms with Crippen LogP contribution in [0.15, 0.2) is 78.9 Å². The van der Waals surface area contributed by atoms with Crippen LogP contribution in [0.4, 0.5) is 0 Å². The molecule has 3 aromatic carbocycles. The predicted octanol–water partition coefficient (Wildman–Crippen LogP) is 5.10. The predicted molar refractivity (Wildman–Crippen MR) is 128 cm³/mol. The van der Waals surface area contributed by atoms with Gasteiger partial charge in [-0.15, -0.1) is 0 Å². The van der Waals surface area contributed by atoms with Gasteiger partial charge < -0.3 is 14.6 Å². The van der Waals surface area contributed by atoms with Crippen LogP contribution < -0.4 is 10.1 Å². The second-order valence-electron chi connectivity index (χ2n) is 8.01. The third-order valence-corrected chi connectivity index (χ3v) is 5.66. The van der Waals surface area contributed by atoms with Gasteiger partial charge in [0.2, 0.25) is 5.91 Å². The van der Waals surface area contributed by atoms with E-state index in [2.05, 4.69) is 40.2 Å². The van der Waals surface area contributed by atoms with Crippen molar-refractivity contribution in [2.45, 2.75) is 38.8 Å². The highest BCUT2D eigenvalue weighted by molar-refractivity contribution is 5.79. The van der Waals surface area contributed by atoms with Crippen LogP contribution in [0.25, 0.3) is 11.0 Å². The van der Waals surface area contributed by atoms with Crippen molar-refractivity contribution in [2.75, 3.05) is 7.11 Å². The highest BCUT2D eigenvalue weighted by Crippen LogP contribution is 2.22. The Balaban J connectivity index is 1.46. The molecule has 0 saturated carbocycles. The molecule has 0 aliphatic rings. The molecule has 0 spiro atoms. The molecular formula is C27H29N3O2. The highest BCUT2D eigenvalue weighted by Gasteiger charge is 2.18. The van der Waals surface area contributed by atoms with E-state index in [1.165, 1.54) is 5.56 Å². The number of aryl methyl sites for hydroxylation is 2. The van der Waals surface area contributed by atoms with E-state index in [4.69, 9.17) is 9.72 Å². The van der Waals surface area contributed by atoms with Crippen molar-refractivity contribution in [3.05, 3.63) is 95.8 Å². The number of benzene rings is 3. The van der Waals surface area contributed by atoms with Gasteiger partial charge in [0, 0.05) is 6.54 Å². The minimum Gasteiger partial charge on any atom is -0.497 e. The molecule has 0 aliphatic heterocycles. The Hall–Kier alpha value is -3.60. The molecule has 0 radical (unpaired) electrons. The van der Waals surface area contributed by atoms with E-state index in [1.54, 1.807) is 7.11 Å². The van der Waals surface area contributed by atoms with Gasteiger partial charge >= 0.3 is 0 Å². The van der Waals surface area contributed by atoms with E-state index in [-0.39, 0.29) is 11.9 Å². The largest absolute Gasteiger partial charge is 0.497 e. The molecule has 0 fully saturated rings. The molecule has 1 heterocycles. The number of imidazole rings is 1. The third kappa shape index (κ3) is 5.17. The van der Waals surface area contributed by atoms with E-state index >= 15 is 0 Å². The summed E-state index contributed by atoms with van der Waals surface area (Å²) in [6.07, 6.45) is 2.33. The zero-order chi connectivity index (χ0) is 22.3. The fraction of sp³-hybridized carbons (Fsp3) is 0.259. The molecule has 1 aromatic heterocycles. The first kappa shape index (κ1) is 21.6. The van der Waals surface area contributed by atoms with E-state index in [1.807, 2.05) is 55.5 Å². The number of para-hydroxylation sites is 2. The minimum absolute atomic E-state index is 0.0226. The molecular weight excluding hydrogens is 398 g/mol. The van der Waals surface area contributed by atoms with Crippen molar-refractivity contribution >= 4 is 16.9 Å². The minimum atomic E-state index is -0.190. The summed E-state index contributed by atoms with van der Waals surface area (Å²) in [7, 11) is 1.63. The van der Waals surface area contributed by atoms with Gasteiger partial charge in [-0.05, 0) is 55.2 Å². The monoisotopic (exact) mass is 427 g/mol. The van der Waals surface area contributed by atoms with Crippen LogP contribution in [0.3, 0.4) is 0 Å². The summed E-state index contributed by atoms with van der Waals surface area (Å²) in [5.74, 6) is 1.65. The van der Waals surface area contributed by atoms with E-state index in [9.17, 15) is 4.79 Å². The molecule has 1 unspecified atom stereocenters. The second kappa shape index (κ2) is 10.1. The lowest BCUT2D eigenvalue weighted by atomic mass is 10.1. The Kier molecular flexibility index (Phi) is 6.85. The highest BCUT2D eigenvalue weighted by atomic mass is 16.5. The van der Waals surface area contributed by atoms with Crippen LogP contribution in [-0.2, 0) is 24.2 Å². The maximum absolute atomic E-state index is 12.7. The van der Waals surface area contributed by atoms with Crippen LogP contribution in [-0.4, -0.2) is 22.6 Å². The number of nitrogens with one attached hydrogen (secondary N) is 1. The fourth-order valence-electron chi connectivity index (χ4n) is 4.03. The summed E-state index contributed by atoms with van der Waals surface area (Å²) >= 11 is 0. The van der Waals surface area contributed by atoms with Crippen molar-refractivity contribution in [1.82, 2.24) is 14.9 Å². The number of hydrogen-bond donors (Lipinski definition) is 1. The number of ether oxygens (including phenoxy) is 1. The summed E-state index contributed by atoms with van der Waals surface area (Å²) in [5, 5.41) is 3.13. The standard InChI is InChI=1S/C27H29N3O2/c1-20(28-26(31)19-22-14-16-23(32-2)17-15-22)27-29-24-12-6-7-13-25(24)30(27)18-8-11-21-9-4-3-5-10-21/h3-7,9-10,12-17,20H,8,11,18-19H2,1-2H3,(H,28,31). The van der Waals surface area contributed by atoms with Crippen molar-refractivity contribution < 1.29 is 9.53 Å². The van der Waals surface area contributed by atoms with Crippen molar-refractivity contribution in [2.24, 2.45) is 0 Å². The van der Waals surface area contributed by atoms with Crippen molar-refractivity contribution in [3.8, 4) is 5.75 Å². The third-order valence-electron chi connectivity index (χ3n) is 5.66. The van der Waals surface area contributed by atoms with Crippen LogP contribution in [0.2, 0.25) is 0 Å². The lowest BCUT2D eigenvalue weighted by Gasteiger charge is -2.17. The van der Waals surface area contributed by atoms with Crippen LogP contribution in [0, 0.1) is 0 Å². The van der Waals surface area contributed by atoms with Gasteiger partial charge in [-0.3, -0.25) is 4.79 Å². The molecule has 1 amide bonds. The molecule has 1 atom stereocenters. The van der Waals surface area contributed by atoms with E-state index in [0.29, 0.717) is 6.42 Å². The zero-order valence-electron chi connectivity index (χ0n) is 18.6. The smallest absolute Gasteiger partial charge is 0.224 e. The topological polar surface area (TPSA) is 56.1 Å². The molecule has 32 heavy (non-hydrogen) atoms. The Labute approximate surface area is 189 Å². The Bertz CT molecular complexity index is 1170. The zero-order valence-corrected chi connectivity index (χ0v) is 18.6. The maximum Gasteiger partial charge on any atom is 0.224 e. The number of nitrogens with zero attached hydrogens (tertiary/aromatic N) is 2. The summed E-state index contributed by atoms with van der Waals surface area (Å²) < 4.78 is 7.43. The van der Waals surface area contributed by atoms with Gasteiger partial charge in [0.1, 0.15) is 11.6 Å². The molecule has 5 heteroatoms. The summed E-state index contributed by atoms with van der Waals surface area (Å²) in [6.45, 7) is 2.85. The second-order valence-corrected chi connectivity index (χ2v) is 8.01. The first-order valence-electron chi connectivity index (χ1n) is 11.1. The van der Waals surface area contributed by atoms with Gasteiger partial charge in [0.05, 0.1) is 30.6 Å². The van der Waals surface area contributed by atoms with E-state index < -0.39 is 0 Å². The summed E-state index contributed by atoms with van der Waals surface area (Å²) in [6, 6.07) is 26.1. The van der Waals surface area contributed by atoms with Crippen molar-refractivity contribution in [3.63, 3.8) is 0 Å². The molecule has 0 bridgehead atoms. The molecule has 5 nitrogen and oxygen atoms in total. The summed E-state index contributed by atoms with van der Waals surface area (Å²) in [5.41, 5.74) is 4.34. The van der Waals surface area contributed by atoms with Crippen LogP contribution in [0.1, 0.15) is 36.3 Å². The number of amides is 1.